The summed E-state index contributed by atoms with van der Waals surface area (Å²) in [7, 11) is 0. The molecule has 1 saturated heterocycles. The van der Waals surface area contributed by atoms with Crippen LogP contribution in [-0.4, -0.2) is 57.3 Å². The average Bonchev–Trinajstić information content (AvgIpc) is 3.24. The Balaban J connectivity index is 1.19. The van der Waals surface area contributed by atoms with Crippen LogP contribution < -0.4 is 0 Å². The lowest BCUT2D eigenvalue weighted by molar-refractivity contribution is -0.132. The highest BCUT2D eigenvalue weighted by Crippen LogP contribution is 2.23. The molecule has 5 rings (SSSR count). The van der Waals surface area contributed by atoms with Gasteiger partial charge in [-0.3, -0.25) is 14.2 Å². The minimum atomic E-state index is -0.00464. The highest BCUT2D eigenvalue weighted by atomic mass is 16.2. The highest BCUT2D eigenvalue weighted by molar-refractivity contribution is 5.98. The molecule has 1 aliphatic rings. The Bertz CT molecular complexity index is 1320. The van der Waals surface area contributed by atoms with E-state index in [4.69, 9.17) is 4.98 Å². The predicted molar refractivity (Wildman–Crippen MR) is 138 cm³/mol. The molecule has 2 heterocycles. The number of aryl methyl sites for hydroxylation is 2. The molecular formula is C29H30N4O2. The Morgan fingerprint density at radius 1 is 0.829 bits per heavy atom. The van der Waals surface area contributed by atoms with Crippen molar-refractivity contribution in [3.8, 4) is 5.69 Å². The van der Waals surface area contributed by atoms with Crippen LogP contribution in [0.15, 0.2) is 78.9 Å². The standard InChI is InChI=1S/C29H30N4O2/c1-22-30-26-21-24(15-16-27(26)33(22)25-12-6-3-7-13-25)29(35)32-19-17-31(18-20-32)28(34)14-8-11-23-9-4-2-5-10-23/h2-7,9-10,12-13,15-16,21H,8,11,14,17-20H2,1H3. The van der Waals surface area contributed by atoms with Crippen LogP contribution >= 0.6 is 0 Å². The number of hydrogen-bond acceptors (Lipinski definition) is 3. The Morgan fingerprint density at radius 3 is 2.20 bits per heavy atom. The van der Waals surface area contributed by atoms with Gasteiger partial charge in [-0.2, -0.15) is 0 Å². The summed E-state index contributed by atoms with van der Waals surface area (Å²) in [4.78, 5) is 34.3. The van der Waals surface area contributed by atoms with E-state index in [0.29, 0.717) is 38.2 Å². The molecule has 178 valence electrons. The highest BCUT2D eigenvalue weighted by Gasteiger charge is 2.25. The second-order valence-electron chi connectivity index (χ2n) is 9.05. The lowest BCUT2D eigenvalue weighted by Gasteiger charge is -2.35. The number of carbonyl (C=O) groups is 2. The molecule has 35 heavy (non-hydrogen) atoms. The van der Waals surface area contributed by atoms with E-state index in [-0.39, 0.29) is 11.8 Å². The van der Waals surface area contributed by atoms with Crippen molar-refractivity contribution in [3.63, 3.8) is 0 Å². The fraction of sp³-hybridized carbons (Fsp3) is 0.276. The lowest BCUT2D eigenvalue weighted by atomic mass is 10.1. The Kier molecular flexibility index (Phi) is 6.62. The van der Waals surface area contributed by atoms with Crippen molar-refractivity contribution in [1.82, 2.24) is 19.4 Å². The first-order valence-electron chi connectivity index (χ1n) is 12.3. The van der Waals surface area contributed by atoms with Gasteiger partial charge in [0.15, 0.2) is 0 Å². The number of aromatic nitrogens is 2. The van der Waals surface area contributed by atoms with Gasteiger partial charge in [0.1, 0.15) is 5.82 Å². The molecule has 0 N–H and O–H groups in total. The number of amides is 2. The fourth-order valence-corrected chi connectivity index (χ4v) is 4.82. The first-order chi connectivity index (χ1) is 17.1. The zero-order chi connectivity index (χ0) is 24.2. The van der Waals surface area contributed by atoms with Gasteiger partial charge in [0.05, 0.1) is 11.0 Å². The van der Waals surface area contributed by atoms with Crippen LogP contribution in [-0.2, 0) is 11.2 Å². The molecule has 3 aromatic carbocycles. The van der Waals surface area contributed by atoms with Gasteiger partial charge in [0, 0.05) is 43.9 Å². The van der Waals surface area contributed by atoms with Crippen molar-refractivity contribution in [2.75, 3.05) is 26.2 Å². The molecule has 0 saturated carbocycles. The third-order valence-electron chi connectivity index (χ3n) is 6.70. The summed E-state index contributed by atoms with van der Waals surface area (Å²) in [5.41, 5.74) is 4.74. The zero-order valence-electron chi connectivity index (χ0n) is 20.1. The van der Waals surface area contributed by atoms with Crippen molar-refractivity contribution in [2.24, 2.45) is 0 Å². The van der Waals surface area contributed by atoms with Crippen LogP contribution in [0.1, 0.15) is 34.6 Å². The molecule has 2 amide bonds. The van der Waals surface area contributed by atoms with E-state index in [2.05, 4.69) is 28.8 Å². The van der Waals surface area contributed by atoms with Gasteiger partial charge in [-0.1, -0.05) is 48.5 Å². The molecule has 1 aromatic heterocycles. The van der Waals surface area contributed by atoms with Crippen molar-refractivity contribution in [2.45, 2.75) is 26.2 Å². The van der Waals surface area contributed by atoms with Crippen molar-refractivity contribution >= 4 is 22.8 Å². The second kappa shape index (κ2) is 10.1. The molecule has 0 radical (unpaired) electrons. The molecule has 6 heteroatoms. The maximum absolute atomic E-state index is 13.2. The minimum Gasteiger partial charge on any atom is -0.339 e. The summed E-state index contributed by atoms with van der Waals surface area (Å²) in [5, 5.41) is 0. The van der Waals surface area contributed by atoms with Gasteiger partial charge in [-0.15, -0.1) is 0 Å². The normalized spacial score (nSPS) is 13.9. The first kappa shape index (κ1) is 22.8. The van der Waals surface area contributed by atoms with Crippen LogP contribution in [0.3, 0.4) is 0 Å². The summed E-state index contributed by atoms with van der Waals surface area (Å²) in [6.45, 7) is 4.25. The summed E-state index contributed by atoms with van der Waals surface area (Å²) >= 11 is 0. The van der Waals surface area contributed by atoms with Crippen LogP contribution in [0.25, 0.3) is 16.7 Å². The predicted octanol–water partition coefficient (Wildman–Crippen LogP) is 4.64. The Morgan fingerprint density at radius 2 is 1.49 bits per heavy atom. The van der Waals surface area contributed by atoms with E-state index in [0.717, 1.165) is 35.4 Å². The van der Waals surface area contributed by atoms with E-state index >= 15 is 0 Å². The number of hydrogen-bond donors (Lipinski definition) is 0. The van der Waals surface area contributed by atoms with Crippen molar-refractivity contribution < 1.29 is 9.59 Å². The van der Waals surface area contributed by atoms with E-state index in [1.165, 1.54) is 5.56 Å². The van der Waals surface area contributed by atoms with Crippen LogP contribution in [0, 0.1) is 6.92 Å². The maximum atomic E-state index is 13.2. The Hall–Kier alpha value is -3.93. The fourth-order valence-electron chi connectivity index (χ4n) is 4.82. The number of fused-ring (bicyclic) bond motifs is 1. The molecule has 0 aliphatic carbocycles. The van der Waals surface area contributed by atoms with Crippen molar-refractivity contribution in [3.05, 3.63) is 95.8 Å². The number of nitrogens with zero attached hydrogens (tertiary/aromatic N) is 4. The molecule has 4 aromatic rings. The van der Waals surface area contributed by atoms with E-state index in [1.807, 2.05) is 71.3 Å². The monoisotopic (exact) mass is 466 g/mol. The van der Waals surface area contributed by atoms with Crippen LogP contribution in [0.2, 0.25) is 0 Å². The zero-order valence-corrected chi connectivity index (χ0v) is 20.1. The molecular weight excluding hydrogens is 436 g/mol. The number of imidazole rings is 1. The third kappa shape index (κ3) is 4.97. The molecule has 0 bridgehead atoms. The van der Waals surface area contributed by atoms with Crippen LogP contribution in [0.4, 0.5) is 0 Å². The van der Waals surface area contributed by atoms with E-state index in [9.17, 15) is 9.59 Å². The van der Waals surface area contributed by atoms with Crippen LogP contribution in [0.5, 0.6) is 0 Å². The number of piperazine rings is 1. The second-order valence-corrected chi connectivity index (χ2v) is 9.05. The largest absolute Gasteiger partial charge is 0.339 e. The molecule has 6 nitrogen and oxygen atoms in total. The number of rotatable bonds is 6. The summed E-state index contributed by atoms with van der Waals surface area (Å²) in [5.74, 6) is 1.06. The summed E-state index contributed by atoms with van der Waals surface area (Å²) < 4.78 is 2.10. The van der Waals surface area contributed by atoms with Gasteiger partial charge in [0.2, 0.25) is 5.91 Å². The molecule has 0 atom stereocenters. The average molecular weight is 467 g/mol. The topological polar surface area (TPSA) is 58.4 Å². The lowest BCUT2D eigenvalue weighted by Crippen LogP contribution is -2.50. The van der Waals surface area contributed by atoms with Gasteiger partial charge in [-0.05, 0) is 55.7 Å². The van der Waals surface area contributed by atoms with Gasteiger partial charge in [0.25, 0.3) is 5.91 Å². The van der Waals surface area contributed by atoms with Gasteiger partial charge in [-0.25, -0.2) is 4.98 Å². The minimum absolute atomic E-state index is 0.00464. The number of para-hydroxylation sites is 1. The van der Waals surface area contributed by atoms with Crippen molar-refractivity contribution in [1.29, 1.82) is 0 Å². The SMILES string of the molecule is Cc1nc2cc(C(=O)N3CCN(C(=O)CCCc4ccccc4)CC3)ccc2n1-c1ccccc1. The van der Waals surface area contributed by atoms with E-state index in [1.54, 1.807) is 0 Å². The molecule has 0 unspecified atom stereocenters. The molecule has 1 fully saturated rings. The van der Waals surface area contributed by atoms with Gasteiger partial charge < -0.3 is 9.80 Å². The van der Waals surface area contributed by atoms with Gasteiger partial charge >= 0.3 is 0 Å². The summed E-state index contributed by atoms with van der Waals surface area (Å²) in [6.07, 6.45) is 2.30. The Labute approximate surface area is 205 Å². The maximum Gasteiger partial charge on any atom is 0.254 e. The van der Waals surface area contributed by atoms with E-state index < -0.39 is 0 Å². The summed E-state index contributed by atoms with van der Waals surface area (Å²) in [6, 6.07) is 26.1. The first-order valence-corrected chi connectivity index (χ1v) is 12.3. The number of benzene rings is 3. The molecule has 0 spiro atoms. The number of carbonyl (C=O) groups excluding carboxylic acids is 2. The quantitative estimate of drug-likeness (QED) is 0.416. The third-order valence-corrected chi connectivity index (χ3v) is 6.70. The smallest absolute Gasteiger partial charge is 0.254 e. The molecule has 1 aliphatic heterocycles.